The second-order valence-corrected chi connectivity index (χ2v) is 12.0. The van der Waals surface area contributed by atoms with E-state index in [0.717, 1.165) is 54.2 Å². The van der Waals surface area contributed by atoms with Gasteiger partial charge in [-0.3, -0.25) is 0 Å². The van der Waals surface area contributed by atoms with E-state index in [1.54, 1.807) is 11.3 Å². The van der Waals surface area contributed by atoms with Crippen LogP contribution in [0.5, 0.6) is 0 Å². The van der Waals surface area contributed by atoms with Crippen molar-refractivity contribution in [3.8, 4) is 39.0 Å². The first kappa shape index (κ1) is 27.8. The Kier molecular flexibility index (Phi) is 7.04. The summed E-state index contributed by atoms with van der Waals surface area (Å²) in [6.07, 6.45) is 6.08. The minimum atomic E-state index is 0.629. The Morgan fingerprint density at radius 2 is 1.33 bits per heavy atom. The molecule has 46 heavy (non-hydrogen) atoms. The van der Waals surface area contributed by atoms with Crippen molar-refractivity contribution in [3.05, 3.63) is 145 Å². The third-order valence-corrected chi connectivity index (χ3v) is 9.28. The Morgan fingerprint density at radius 1 is 0.630 bits per heavy atom. The molecular weight excluding hydrogens is 583 g/mol. The second kappa shape index (κ2) is 11.7. The number of hydrogen-bond acceptors (Lipinski definition) is 5. The summed E-state index contributed by atoms with van der Waals surface area (Å²) in [6.45, 7) is 4.01. The maximum atomic E-state index is 5.06. The van der Waals surface area contributed by atoms with Gasteiger partial charge in [0.1, 0.15) is 5.01 Å². The molecule has 0 aliphatic carbocycles. The summed E-state index contributed by atoms with van der Waals surface area (Å²) in [5.41, 5.74) is 8.26. The zero-order valence-electron chi connectivity index (χ0n) is 25.4. The molecule has 0 spiro atoms. The number of aromatic nitrogens is 5. The third kappa shape index (κ3) is 4.80. The SMILES string of the molecule is C/C=C\C(=C/C)c1nc(-c2ccccc2)nc(-c2cccc(-n3c4ccccc4c4ccc5nc(-c6ccccc6)sc5c43)c2)n1. The van der Waals surface area contributed by atoms with Crippen molar-refractivity contribution >= 4 is 48.9 Å². The monoisotopic (exact) mass is 611 g/mol. The van der Waals surface area contributed by atoms with Gasteiger partial charge in [-0.2, -0.15) is 0 Å². The molecule has 0 radical (unpaired) electrons. The van der Waals surface area contributed by atoms with E-state index in [-0.39, 0.29) is 0 Å². The number of allylic oxidation sites excluding steroid dienone is 4. The van der Waals surface area contributed by atoms with Gasteiger partial charge in [-0.15, -0.1) is 11.3 Å². The Morgan fingerprint density at radius 3 is 2.09 bits per heavy atom. The van der Waals surface area contributed by atoms with Gasteiger partial charge in [0, 0.05) is 38.7 Å². The first-order chi connectivity index (χ1) is 22.7. The van der Waals surface area contributed by atoms with Gasteiger partial charge in [0.25, 0.3) is 0 Å². The molecule has 220 valence electrons. The lowest BCUT2D eigenvalue weighted by Gasteiger charge is -2.12. The molecule has 0 unspecified atom stereocenters. The predicted molar refractivity (Wildman–Crippen MR) is 192 cm³/mol. The van der Waals surface area contributed by atoms with E-state index in [4.69, 9.17) is 19.9 Å². The molecular formula is C40H29N5S. The number of rotatable bonds is 6. The molecule has 0 amide bonds. The van der Waals surface area contributed by atoms with Crippen molar-refractivity contribution in [2.45, 2.75) is 13.8 Å². The van der Waals surface area contributed by atoms with Crippen molar-refractivity contribution < 1.29 is 0 Å². The average molecular weight is 612 g/mol. The largest absolute Gasteiger partial charge is 0.308 e. The minimum absolute atomic E-state index is 0.629. The van der Waals surface area contributed by atoms with Crippen LogP contribution in [0.4, 0.5) is 0 Å². The number of thiazole rings is 1. The lowest BCUT2D eigenvalue weighted by Crippen LogP contribution is -2.03. The zero-order chi connectivity index (χ0) is 31.0. The molecule has 0 fully saturated rings. The lowest BCUT2D eigenvalue weighted by atomic mass is 10.1. The zero-order valence-corrected chi connectivity index (χ0v) is 26.2. The van der Waals surface area contributed by atoms with Gasteiger partial charge in [0.05, 0.1) is 21.3 Å². The van der Waals surface area contributed by atoms with E-state index >= 15 is 0 Å². The molecule has 0 aliphatic heterocycles. The third-order valence-electron chi connectivity index (χ3n) is 8.16. The van der Waals surface area contributed by atoms with Gasteiger partial charge < -0.3 is 4.57 Å². The fourth-order valence-electron chi connectivity index (χ4n) is 6.02. The summed E-state index contributed by atoms with van der Waals surface area (Å²) in [7, 11) is 0. The van der Waals surface area contributed by atoms with E-state index in [0.29, 0.717) is 17.5 Å². The molecule has 0 atom stereocenters. The summed E-state index contributed by atoms with van der Waals surface area (Å²) in [5.74, 6) is 1.92. The quantitative estimate of drug-likeness (QED) is 0.176. The predicted octanol–water partition coefficient (Wildman–Crippen LogP) is 10.6. The Hall–Kier alpha value is -5.72. The second-order valence-electron chi connectivity index (χ2n) is 11.0. The highest BCUT2D eigenvalue weighted by Crippen LogP contribution is 2.41. The highest BCUT2D eigenvalue weighted by molar-refractivity contribution is 7.22. The van der Waals surface area contributed by atoms with Crippen LogP contribution in [0.2, 0.25) is 0 Å². The van der Waals surface area contributed by atoms with Gasteiger partial charge in [-0.25, -0.2) is 19.9 Å². The summed E-state index contributed by atoms with van der Waals surface area (Å²) in [4.78, 5) is 19.9. The number of para-hydroxylation sites is 1. The average Bonchev–Trinajstić information content (AvgIpc) is 3.71. The Bertz CT molecular complexity index is 2440. The van der Waals surface area contributed by atoms with Crippen molar-refractivity contribution in [1.29, 1.82) is 0 Å². The van der Waals surface area contributed by atoms with Crippen LogP contribution in [0, 0.1) is 0 Å². The molecule has 3 aromatic heterocycles. The molecule has 8 aromatic rings. The van der Waals surface area contributed by atoms with Crippen LogP contribution in [0.25, 0.3) is 76.6 Å². The molecule has 8 rings (SSSR count). The van der Waals surface area contributed by atoms with Crippen LogP contribution in [0.1, 0.15) is 19.7 Å². The van der Waals surface area contributed by atoms with Crippen LogP contribution in [0.15, 0.2) is 140 Å². The summed E-state index contributed by atoms with van der Waals surface area (Å²) >= 11 is 1.74. The molecule has 5 aromatic carbocycles. The highest BCUT2D eigenvalue weighted by atomic mass is 32.1. The minimum Gasteiger partial charge on any atom is -0.308 e. The number of hydrogen-bond donors (Lipinski definition) is 0. The summed E-state index contributed by atoms with van der Waals surface area (Å²) in [5, 5.41) is 3.42. The number of nitrogens with zero attached hydrogens (tertiary/aromatic N) is 5. The maximum absolute atomic E-state index is 5.06. The van der Waals surface area contributed by atoms with Gasteiger partial charge in [-0.1, -0.05) is 109 Å². The van der Waals surface area contributed by atoms with Crippen molar-refractivity contribution in [3.63, 3.8) is 0 Å². The molecule has 5 nitrogen and oxygen atoms in total. The van der Waals surface area contributed by atoms with Crippen molar-refractivity contribution in [2.75, 3.05) is 0 Å². The molecule has 6 heteroatoms. The van der Waals surface area contributed by atoms with Crippen LogP contribution >= 0.6 is 11.3 Å². The van der Waals surface area contributed by atoms with E-state index in [1.165, 1.54) is 10.8 Å². The standard InChI is InChI=1S/C40H29N5S/c1-3-14-26(4-2)37-42-38(27-15-7-5-8-16-27)44-39(43-37)29-19-13-20-30(25-29)45-34-22-12-11-21-31(34)32-23-24-33-36(35(32)45)46-40(41-33)28-17-9-6-10-18-28/h3-25H,1-2H3/b14-3-,26-4+. The fourth-order valence-corrected chi connectivity index (χ4v) is 7.13. The van der Waals surface area contributed by atoms with Crippen LogP contribution in [-0.4, -0.2) is 24.5 Å². The molecule has 0 N–H and O–H groups in total. The normalized spacial score (nSPS) is 12.2. The molecule has 0 saturated heterocycles. The first-order valence-corrected chi connectivity index (χ1v) is 16.1. The van der Waals surface area contributed by atoms with Crippen molar-refractivity contribution in [2.24, 2.45) is 0 Å². The smallest absolute Gasteiger partial charge is 0.164 e. The van der Waals surface area contributed by atoms with Crippen molar-refractivity contribution in [1.82, 2.24) is 24.5 Å². The van der Waals surface area contributed by atoms with E-state index in [9.17, 15) is 0 Å². The Balaban J connectivity index is 1.36. The molecule has 0 saturated carbocycles. The van der Waals surface area contributed by atoms with Crippen LogP contribution in [0.3, 0.4) is 0 Å². The lowest BCUT2D eigenvalue weighted by molar-refractivity contribution is 1.03. The molecule has 0 aliphatic rings. The van der Waals surface area contributed by atoms with Crippen LogP contribution in [-0.2, 0) is 0 Å². The Labute approximate surface area is 270 Å². The maximum Gasteiger partial charge on any atom is 0.164 e. The van der Waals surface area contributed by atoms with Gasteiger partial charge in [0.15, 0.2) is 17.5 Å². The van der Waals surface area contributed by atoms with Gasteiger partial charge >= 0.3 is 0 Å². The summed E-state index contributed by atoms with van der Waals surface area (Å²) < 4.78 is 3.52. The topological polar surface area (TPSA) is 56.5 Å². The van der Waals surface area contributed by atoms with E-state index < -0.39 is 0 Å². The fraction of sp³-hybridized carbons (Fsp3) is 0.0500. The molecule has 3 heterocycles. The van der Waals surface area contributed by atoms with E-state index in [1.807, 2.05) is 68.5 Å². The van der Waals surface area contributed by atoms with Gasteiger partial charge in [0.2, 0.25) is 0 Å². The highest BCUT2D eigenvalue weighted by Gasteiger charge is 2.19. The van der Waals surface area contributed by atoms with Gasteiger partial charge in [-0.05, 0) is 44.2 Å². The molecule has 0 bridgehead atoms. The van der Waals surface area contributed by atoms with Crippen LogP contribution < -0.4 is 0 Å². The van der Waals surface area contributed by atoms with E-state index in [2.05, 4.69) is 89.5 Å². The number of benzene rings is 5. The summed E-state index contributed by atoms with van der Waals surface area (Å²) in [6, 6.07) is 42.0. The first-order valence-electron chi connectivity index (χ1n) is 15.3. The number of fused-ring (bicyclic) bond motifs is 5.